The third-order valence-corrected chi connectivity index (χ3v) is 5.96. The minimum atomic E-state index is -4.45. The fourth-order valence-corrected chi connectivity index (χ4v) is 4.40. The smallest absolute Gasteiger partial charge is 0.350 e. The monoisotopic (exact) mass is 340 g/mol. The molecular weight excluding hydrogens is 321 g/mol. The van der Waals surface area contributed by atoms with E-state index >= 15 is 8.78 Å². The molecule has 0 aromatic heterocycles. The van der Waals surface area contributed by atoms with Gasteiger partial charge in [-0.3, -0.25) is 4.57 Å². The van der Waals surface area contributed by atoms with Crippen molar-refractivity contribution in [1.82, 2.24) is 0 Å². The van der Waals surface area contributed by atoms with E-state index in [1.54, 1.807) is 32.0 Å². The average molecular weight is 340 g/mol. The van der Waals surface area contributed by atoms with Crippen LogP contribution in [0.4, 0.5) is 8.78 Å². The van der Waals surface area contributed by atoms with Crippen LogP contribution in [0.1, 0.15) is 19.4 Å². The minimum Gasteiger partial charge on any atom is -0.497 e. The topological polar surface area (TPSA) is 35.5 Å². The molecule has 2 aromatic carbocycles. The minimum absolute atomic E-state index is 0.00508. The van der Waals surface area contributed by atoms with Crippen LogP contribution in [0.3, 0.4) is 0 Å². The van der Waals surface area contributed by atoms with Gasteiger partial charge < -0.3 is 9.26 Å². The van der Waals surface area contributed by atoms with E-state index < -0.39 is 19.1 Å². The summed E-state index contributed by atoms with van der Waals surface area (Å²) >= 11 is 0. The normalized spacial score (nSPS) is 14.5. The lowest BCUT2D eigenvalue weighted by molar-refractivity contribution is 0.0627. The number of hydrogen-bond donors (Lipinski definition) is 0. The lowest BCUT2D eigenvalue weighted by Gasteiger charge is -2.29. The van der Waals surface area contributed by atoms with Crippen molar-refractivity contribution in [1.29, 1.82) is 0 Å². The van der Waals surface area contributed by atoms with Crippen molar-refractivity contribution in [3.8, 4) is 5.75 Å². The van der Waals surface area contributed by atoms with E-state index in [4.69, 9.17) is 9.26 Å². The van der Waals surface area contributed by atoms with E-state index in [1.165, 1.54) is 43.5 Å². The van der Waals surface area contributed by atoms with Gasteiger partial charge in [-0.15, -0.1) is 0 Å². The van der Waals surface area contributed by atoms with E-state index in [0.29, 0.717) is 5.75 Å². The third kappa shape index (κ3) is 3.46. The van der Waals surface area contributed by atoms with Crippen LogP contribution in [0, 0.1) is 0 Å². The van der Waals surface area contributed by atoms with Crippen molar-refractivity contribution in [2.75, 3.05) is 7.11 Å². The van der Waals surface area contributed by atoms with Crippen LogP contribution >= 0.6 is 7.37 Å². The molecule has 124 valence electrons. The molecule has 2 aromatic rings. The average Bonchev–Trinajstić information content (AvgIpc) is 2.55. The third-order valence-electron chi connectivity index (χ3n) is 3.26. The summed E-state index contributed by atoms with van der Waals surface area (Å²) in [6, 6.07) is 12.8. The van der Waals surface area contributed by atoms with Crippen LogP contribution in [0.25, 0.3) is 0 Å². The highest BCUT2D eigenvalue weighted by atomic mass is 31.2. The van der Waals surface area contributed by atoms with Crippen molar-refractivity contribution in [3.63, 3.8) is 0 Å². The molecule has 0 saturated carbocycles. The van der Waals surface area contributed by atoms with Gasteiger partial charge in [-0.05, 0) is 50.2 Å². The molecule has 23 heavy (non-hydrogen) atoms. The van der Waals surface area contributed by atoms with Gasteiger partial charge in [0.1, 0.15) is 5.75 Å². The zero-order valence-electron chi connectivity index (χ0n) is 13.2. The second kappa shape index (κ2) is 6.81. The number of rotatable bonds is 6. The van der Waals surface area contributed by atoms with Crippen LogP contribution in [-0.4, -0.2) is 13.2 Å². The number of benzene rings is 2. The van der Waals surface area contributed by atoms with Gasteiger partial charge in [0.25, 0.3) is 0 Å². The van der Waals surface area contributed by atoms with Gasteiger partial charge >= 0.3 is 13.0 Å². The number of alkyl halides is 2. The second-order valence-electron chi connectivity index (χ2n) is 5.31. The summed E-state index contributed by atoms with van der Waals surface area (Å²) in [6.07, 6.45) is -0.606. The van der Waals surface area contributed by atoms with E-state index in [0.717, 1.165) is 0 Å². The Morgan fingerprint density at radius 3 is 2.04 bits per heavy atom. The van der Waals surface area contributed by atoms with E-state index in [2.05, 4.69) is 0 Å². The van der Waals surface area contributed by atoms with Crippen LogP contribution < -0.4 is 10.0 Å². The Labute approximate surface area is 134 Å². The first kappa shape index (κ1) is 17.6. The maximum Gasteiger partial charge on any atom is 0.350 e. The Bertz CT molecular complexity index is 685. The highest BCUT2D eigenvalue weighted by Gasteiger charge is 2.54. The largest absolute Gasteiger partial charge is 0.497 e. The molecule has 0 heterocycles. The number of ether oxygens (including phenoxy) is 1. The summed E-state index contributed by atoms with van der Waals surface area (Å²) in [7, 11) is -3.00. The molecule has 0 radical (unpaired) electrons. The molecule has 0 aliphatic carbocycles. The maximum absolute atomic E-state index is 15.1. The van der Waals surface area contributed by atoms with Crippen molar-refractivity contribution in [2.45, 2.75) is 25.6 Å². The predicted octanol–water partition coefficient (Wildman–Crippen LogP) is 4.77. The zero-order chi connectivity index (χ0) is 17.1. The molecule has 0 aliphatic rings. The molecular formula is C17H19F2O3P. The standard InChI is InChI=1S/C17H19F2O3P/c1-13(2)22-23(20,16-7-5-4-6-8-16)17(18,19)14-9-11-15(21-3)12-10-14/h4-13H,1-3H3. The summed E-state index contributed by atoms with van der Waals surface area (Å²) in [6.45, 7) is 3.17. The number of halogens is 2. The highest BCUT2D eigenvalue weighted by Crippen LogP contribution is 2.65. The van der Waals surface area contributed by atoms with Crippen molar-refractivity contribution in [2.24, 2.45) is 0 Å². The van der Waals surface area contributed by atoms with Crippen LogP contribution in [0.15, 0.2) is 54.6 Å². The Morgan fingerprint density at radius 2 is 1.57 bits per heavy atom. The van der Waals surface area contributed by atoms with Crippen LogP contribution in [0.5, 0.6) is 5.75 Å². The molecule has 0 bridgehead atoms. The highest BCUT2D eigenvalue weighted by molar-refractivity contribution is 7.67. The Kier molecular flexibility index (Phi) is 5.23. The molecule has 2 rings (SSSR count). The molecule has 0 amide bonds. The van der Waals surface area contributed by atoms with Gasteiger partial charge in [0.05, 0.1) is 13.2 Å². The predicted molar refractivity (Wildman–Crippen MR) is 86.8 cm³/mol. The molecule has 0 spiro atoms. The van der Waals surface area contributed by atoms with Crippen molar-refractivity contribution >= 4 is 12.7 Å². The summed E-state index contributed by atoms with van der Waals surface area (Å²) in [5, 5.41) is -0.00508. The molecule has 1 unspecified atom stereocenters. The summed E-state index contributed by atoms with van der Waals surface area (Å²) in [5.74, 6) is 0.448. The number of hydrogen-bond acceptors (Lipinski definition) is 3. The first-order valence-electron chi connectivity index (χ1n) is 7.18. The van der Waals surface area contributed by atoms with Crippen molar-refractivity contribution in [3.05, 3.63) is 60.2 Å². The van der Waals surface area contributed by atoms with Gasteiger partial charge in [-0.1, -0.05) is 18.2 Å². The Hall–Kier alpha value is -1.71. The van der Waals surface area contributed by atoms with Gasteiger partial charge in [0.15, 0.2) is 0 Å². The summed E-state index contributed by atoms with van der Waals surface area (Å²) in [5.41, 5.74) is -4.02. The molecule has 0 N–H and O–H groups in total. The van der Waals surface area contributed by atoms with Gasteiger partial charge in [0, 0.05) is 10.9 Å². The van der Waals surface area contributed by atoms with E-state index in [-0.39, 0.29) is 10.9 Å². The van der Waals surface area contributed by atoms with E-state index in [1.807, 2.05) is 0 Å². The molecule has 0 fully saturated rings. The van der Waals surface area contributed by atoms with Crippen LogP contribution in [-0.2, 0) is 14.8 Å². The first-order valence-corrected chi connectivity index (χ1v) is 8.80. The Morgan fingerprint density at radius 1 is 1.00 bits per heavy atom. The lowest BCUT2D eigenvalue weighted by atomic mass is 10.2. The molecule has 0 saturated heterocycles. The van der Waals surface area contributed by atoms with Crippen molar-refractivity contribution < 1.29 is 22.6 Å². The van der Waals surface area contributed by atoms with Gasteiger partial charge in [0.2, 0.25) is 0 Å². The van der Waals surface area contributed by atoms with Gasteiger partial charge in [-0.2, -0.15) is 8.78 Å². The van der Waals surface area contributed by atoms with Crippen LogP contribution in [0.2, 0.25) is 0 Å². The quantitative estimate of drug-likeness (QED) is 0.711. The first-order chi connectivity index (χ1) is 10.8. The SMILES string of the molecule is COc1ccc(C(F)(F)P(=O)(OC(C)C)c2ccccc2)cc1. The summed E-state index contributed by atoms with van der Waals surface area (Å²) in [4.78, 5) is 0. The fourth-order valence-electron chi connectivity index (χ4n) is 2.17. The zero-order valence-corrected chi connectivity index (χ0v) is 14.1. The Balaban J connectivity index is 2.54. The van der Waals surface area contributed by atoms with Gasteiger partial charge in [-0.25, -0.2) is 0 Å². The van der Waals surface area contributed by atoms with E-state index in [9.17, 15) is 4.57 Å². The summed E-state index contributed by atoms with van der Waals surface area (Å²) < 4.78 is 53.6. The molecule has 6 heteroatoms. The molecule has 1 atom stereocenters. The second-order valence-corrected chi connectivity index (χ2v) is 7.70. The fraction of sp³-hybridized carbons (Fsp3) is 0.294. The molecule has 3 nitrogen and oxygen atoms in total. The lowest BCUT2D eigenvalue weighted by Crippen LogP contribution is -2.25. The maximum atomic E-state index is 15.1. The molecule has 0 aliphatic heterocycles. The number of methoxy groups -OCH3 is 1.